The van der Waals surface area contributed by atoms with Gasteiger partial charge in [-0.05, 0) is 23.9 Å². The number of rotatable bonds is 7. The Morgan fingerprint density at radius 3 is 2.45 bits per heavy atom. The van der Waals surface area contributed by atoms with Gasteiger partial charge in [-0.1, -0.05) is 36.4 Å². The fraction of sp³-hybridized carbons (Fsp3) is 0.200. The minimum Gasteiger partial charge on any atom is -0.335 e. The number of benzene rings is 2. The maximum absolute atomic E-state index is 10.9. The van der Waals surface area contributed by atoms with Crippen LogP contribution in [0.2, 0.25) is 0 Å². The average Bonchev–Trinajstić information content (AvgIpc) is 3.38. The molecule has 29 heavy (non-hydrogen) atoms. The molecule has 1 fully saturated rings. The van der Waals surface area contributed by atoms with Crippen LogP contribution >= 0.6 is 11.8 Å². The van der Waals surface area contributed by atoms with Gasteiger partial charge in [0.05, 0.1) is 18.1 Å². The Kier molecular flexibility index (Phi) is 5.43. The molecule has 1 saturated heterocycles. The normalized spacial score (nSPS) is 15.3. The zero-order valence-corrected chi connectivity index (χ0v) is 16.2. The van der Waals surface area contributed by atoms with E-state index in [1.807, 2.05) is 34.9 Å². The predicted octanol–water partition coefficient (Wildman–Crippen LogP) is 3.99. The van der Waals surface area contributed by atoms with Gasteiger partial charge in [0, 0.05) is 29.8 Å². The van der Waals surface area contributed by atoms with Gasteiger partial charge in [0.15, 0.2) is 11.0 Å². The highest BCUT2D eigenvalue weighted by Crippen LogP contribution is 2.46. The van der Waals surface area contributed by atoms with Crippen molar-refractivity contribution in [3.8, 4) is 11.4 Å². The number of nitro benzene ring substituents is 1. The van der Waals surface area contributed by atoms with Crippen molar-refractivity contribution in [1.29, 1.82) is 0 Å². The van der Waals surface area contributed by atoms with Gasteiger partial charge in [-0.2, -0.15) is 0 Å². The summed E-state index contributed by atoms with van der Waals surface area (Å²) in [4.78, 5) is 10.5. The summed E-state index contributed by atoms with van der Waals surface area (Å²) in [5, 5.41) is 19.2. The Morgan fingerprint density at radius 2 is 1.83 bits per heavy atom. The Labute approximate surface area is 171 Å². The minimum atomic E-state index is -1.00. The number of hydrogen-bond acceptors (Lipinski definition) is 7. The molecule has 4 rings (SSSR count). The van der Waals surface area contributed by atoms with E-state index in [9.17, 15) is 10.1 Å². The Bertz CT molecular complexity index is 1010. The largest absolute Gasteiger partial charge is 0.335 e. The number of hydrogen-bond donors (Lipinski definition) is 0. The molecule has 8 nitrogen and oxygen atoms in total. The van der Waals surface area contributed by atoms with Crippen molar-refractivity contribution in [1.82, 2.24) is 14.8 Å². The lowest BCUT2D eigenvalue weighted by atomic mass is 10.2. The van der Waals surface area contributed by atoms with Gasteiger partial charge in [0.2, 0.25) is 0 Å². The van der Waals surface area contributed by atoms with Crippen molar-refractivity contribution < 1.29 is 14.4 Å². The Hall–Kier alpha value is -3.01. The van der Waals surface area contributed by atoms with Crippen LogP contribution < -0.4 is 0 Å². The average molecular weight is 410 g/mol. The van der Waals surface area contributed by atoms with Gasteiger partial charge in [-0.15, -0.1) is 16.8 Å². The Balaban J connectivity index is 1.71. The number of aromatic nitrogens is 3. The number of nitro groups is 1. The predicted molar refractivity (Wildman–Crippen MR) is 108 cm³/mol. The van der Waals surface area contributed by atoms with Crippen LogP contribution in [0, 0.1) is 10.1 Å². The molecule has 0 atom stereocenters. The van der Waals surface area contributed by atoms with Crippen molar-refractivity contribution in [3.05, 3.63) is 82.9 Å². The molecule has 3 aromatic rings. The van der Waals surface area contributed by atoms with Crippen molar-refractivity contribution >= 4 is 17.4 Å². The summed E-state index contributed by atoms with van der Waals surface area (Å²) in [7, 11) is 0. The van der Waals surface area contributed by atoms with Gasteiger partial charge in [0.1, 0.15) is 0 Å². The summed E-state index contributed by atoms with van der Waals surface area (Å²) < 4.78 is 13.8. The molecule has 0 bridgehead atoms. The van der Waals surface area contributed by atoms with Crippen LogP contribution in [0.15, 0.2) is 72.4 Å². The monoisotopic (exact) mass is 410 g/mol. The fourth-order valence-electron chi connectivity index (χ4n) is 3.04. The third kappa shape index (κ3) is 3.80. The molecular formula is C20H18N4O4S. The summed E-state index contributed by atoms with van der Waals surface area (Å²) >= 11 is 1.33. The smallest absolute Gasteiger partial charge is 0.269 e. The molecule has 0 N–H and O–H groups in total. The highest BCUT2D eigenvalue weighted by Gasteiger charge is 2.42. The van der Waals surface area contributed by atoms with E-state index in [2.05, 4.69) is 16.8 Å². The van der Waals surface area contributed by atoms with E-state index in [1.165, 1.54) is 23.9 Å². The molecule has 1 aromatic heterocycles. The van der Waals surface area contributed by atoms with E-state index in [4.69, 9.17) is 9.47 Å². The fourth-order valence-corrected chi connectivity index (χ4v) is 4.18. The van der Waals surface area contributed by atoms with Crippen molar-refractivity contribution in [2.24, 2.45) is 0 Å². The van der Waals surface area contributed by atoms with Gasteiger partial charge < -0.3 is 9.47 Å². The molecule has 0 radical (unpaired) electrons. The molecule has 0 saturated carbocycles. The van der Waals surface area contributed by atoms with E-state index in [1.54, 1.807) is 18.2 Å². The summed E-state index contributed by atoms with van der Waals surface area (Å²) in [5.74, 6) is 0.587. The van der Waals surface area contributed by atoms with E-state index < -0.39 is 10.0 Å². The number of ether oxygens (including phenoxy) is 2. The van der Waals surface area contributed by atoms with Gasteiger partial charge in [-0.3, -0.25) is 14.7 Å². The second-order valence-electron chi connectivity index (χ2n) is 6.23. The van der Waals surface area contributed by atoms with Crippen molar-refractivity contribution in [3.63, 3.8) is 0 Å². The first-order valence-corrected chi connectivity index (χ1v) is 9.76. The van der Waals surface area contributed by atoms with Crippen LogP contribution in [0.4, 0.5) is 5.69 Å². The zero-order valence-electron chi connectivity index (χ0n) is 15.4. The van der Waals surface area contributed by atoms with Crippen LogP contribution in [0.3, 0.4) is 0 Å². The molecule has 1 aliphatic heterocycles. The first-order chi connectivity index (χ1) is 14.1. The third-order valence-electron chi connectivity index (χ3n) is 4.39. The van der Waals surface area contributed by atoms with E-state index in [0.717, 1.165) is 11.1 Å². The second kappa shape index (κ2) is 8.16. The molecule has 9 heteroatoms. The first kappa shape index (κ1) is 19.3. The lowest BCUT2D eigenvalue weighted by Gasteiger charge is -2.26. The molecule has 0 amide bonds. The first-order valence-electron chi connectivity index (χ1n) is 8.94. The summed E-state index contributed by atoms with van der Waals surface area (Å²) in [6.07, 6.45) is 1.74. The summed E-state index contributed by atoms with van der Waals surface area (Å²) in [6, 6.07) is 15.9. The highest BCUT2D eigenvalue weighted by atomic mass is 32.2. The van der Waals surface area contributed by atoms with E-state index in [-0.39, 0.29) is 5.69 Å². The van der Waals surface area contributed by atoms with Gasteiger partial charge in [-0.25, -0.2) is 0 Å². The lowest BCUT2D eigenvalue weighted by molar-refractivity contribution is -0.384. The van der Waals surface area contributed by atoms with Crippen LogP contribution in [0.25, 0.3) is 11.4 Å². The van der Waals surface area contributed by atoms with Gasteiger partial charge in [0.25, 0.3) is 10.8 Å². The SMILES string of the molecule is C=CCn1c(SC2(c3ccccc3)OCCO2)nnc1-c1ccc([N+](=O)[O-])cc1. The Morgan fingerprint density at radius 1 is 1.14 bits per heavy atom. The zero-order chi connectivity index (χ0) is 20.3. The maximum atomic E-state index is 10.9. The van der Waals surface area contributed by atoms with Crippen LogP contribution in [0.1, 0.15) is 5.56 Å². The topological polar surface area (TPSA) is 92.3 Å². The highest BCUT2D eigenvalue weighted by molar-refractivity contribution is 7.99. The molecule has 1 aliphatic rings. The van der Waals surface area contributed by atoms with E-state index in [0.29, 0.717) is 30.7 Å². The molecular weight excluding hydrogens is 392 g/mol. The number of nitrogens with zero attached hydrogens (tertiary/aromatic N) is 4. The molecule has 2 aromatic carbocycles. The van der Waals surface area contributed by atoms with Crippen molar-refractivity contribution in [2.45, 2.75) is 16.8 Å². The second-order valence-corrected chi connectivity index (χ2v) is 7.34. The molecule has 2 heterocycles. The molecule has 148 valence electrons. The standard InChI is InChI=1S/C20H18N4O4S/c1-2-12-23-18(15-8-10-17(11-9-15)24(25)26)21-22-19(23)29-20(27-13-14-28-20)16-6-4-3-5-7-16/h2-11H,1,12-14H2. The van der Waals surface area contributed by atoms with Gasteiger partial charge >= 0.3 is 0 Å². The summed E-state index contributed by atoms with van der Waals surface area (Å²) in [6.45, 7) is 5.24. The van der Waals surface area contributed by atoms with E-state index >= 15 is 0 Å². The summed E-state index contributed by atoms with van der Waals surface area (Å²) in [5.41, 5.74) is 1.63. The van der Waals surface area contributed by atoms with Crippen LogP contribution in [0.5, 0.6) is 0 Å². The quantitative estimate of drug-likeness (QED) is 0.330. The maximum Gasteiger partial charge on any atom is 0.269 e. The lowest BCUT2D eigenvalue weighted by Crippen LogP contribution is -2.23. The number of allylic oxidation sites excluding steroid dienone is 1. The van der Waals surface area contributed by atoms with Crippen LogP contribution in [-0.4, -0.2) is 32.9 Å². The molecule has 0 spiro atoms. The van der Waals surface area contributed by atoms with Crippen molar-refractivity contribution in [2.75, 3.05) is 13.2 Å². The molecule has 0 aliphatic carbocycles. The number of thioether (sulfide) groups is 1. The number of non-ortho nitro benzene ring substituents is 1. The van der Waals surface area contributed by atoms with Crippen LogP contribution in [-0.2, 0) is 21.1 Å². The minimum absolute atomic E-state index is 0.0221. The third-order valence-corrected chi connectivity index (χ3v) is 5.61. The molecule has 0 unspecified atom stereocenters.